The first-order valence-electron chi connectivity index (χ1n) is 2.80. The van der Waals surface area contributed by atoms with Crippen molar-refractivity contribution in [3.05, 3.63) is 0 Å². The number of thiol groups is 1. The minimum atomic E-state index is -0.518. The Kier molecular flexibility index (Phi) is 3.89. The van der Waals surface area contributed by atoms with E-state index in [9.17, 15) is 4.79 Å². The number of carbonyl (C=O) groups excluding carboxylic acids is 1. The van der Waals surface area contributed by atoms with Gasteiger partial charge in [0.05, 0.1) is 4.75 Å². The van der Waals surface area contributed by atoms with Crippen molar-refractivity contribution in [2.24, 2.45) is 0 Å². The van der Waals surface area contributed by atoms with Crippen molar-refractivity contribution in [3.8, 4) is 0 Å². The summed E-state index contributed by atoms with van der Waals surface area (Å²) < 4.78 is 4.25. The molecule has 54 valence electrons. The Morgan fingerprint density at radius 1 is 1.78 bits per heavy atom. The topological polar surface area (TPSA) is 26.3 Å². The summed E-state index contributed by atoms with van der Waals surface area (Å²) in [5.41, 5.74) is 0. The zero-order valence-electron chi connectivity index (χ0n) is 5.76. The first-order valence-corrected chi connectivity index (χ1v) is 3.25. The quantitative estimate of drug-likeness (QED) is 0.474. The number of hydrogen-bond donors (Lipinski definition) is 1. The number of methoxy groups -OCH3 is 1. The molecule has 0 fully saturated rings. The summed E-state index contributed by atoms with van der Waals surface area (Å²) in [4.78, 5) is 10.2. The van der Waals surface area contributed by atoms with Crippen molar-refractivity contribution >= 4 is 18.9 Å². The Hall–Kier alpha value is -0.0200. The Bertz CT molecular complexity index is 91.1. The van der Waals surface area contributed by atoms with Crippen molar-refractivity contribution in [3.63, 3.8) is 0 Å². The largest absolute Gasteiger partial charge is 0.385 e. The molecule has 0 aliphatic rings. The minimum absolute atomic E-state index is 0.518. The van der Waals surface area contributed by atoms with Gasteiger partial charge in [0.1, 0.15) is 6.29 Å². The maximum Gasteiger partial charge on any atom is 0.135 e. The number of carbonyl (C=O) groups is 1. The van der Waals surface area contributed by atoms with Crippen molar-refractivity contribution < 1.29 is 9.53 Å². The molecule has 0 bridgehead atoms. The van der Waals surface area contributed by atoms with Crippen LogP contribution >= 0.6 is 12.6 Å². The highest BCUT2D eigenvalue weighted by atomic mass is 32.1. The van der Waals surface area contributed by atoms with Gasteiger partial charge in [0.25, 0.3) is 0 Å². The third-order valence-electron chi connectivity index (χ3n) is 1.07. The molecule has 1 atom stereocenters. The summed E-state index contributed by atoms with van der Waals surface area (Å²) in [7, 11) is 1.61. The third kappa shape index (κ3) is 4.48. The standard InChI is InChI=1S/C6H12O2S/c1-6(9,5-7)3-4-8-2/h5,9H,3-4H2,1-2H3. The molecule has 0 amide bonds. The maximum absolute atomic E-state index is 10.2. The van der Waals surface area contributed by atoms with Crippen LogP contribution in [0.5, 0.6) is 0 Å². The van der Waals surface area contributed by atoms with Crippen LogP contribution in [0.25, 0.3) is 0 Å². The van der Waals surface area contributed by atoms with Crippen molar-refractivity contribution in [1.82, 2.24) is 0 Å². The Balaban J connectivity index is 3.45. The van der Waals surface area contributed by atoms with E-state index in [1.165, 1.54) is 0 Å². The average molecular weight is 148 g/mol. The Morgan fingerprint density at radius 3 is 2.67 bits per heavy atom. The molecule has 2 nitrogen and oxygen atoms in total. The van der Waals surface area contributed by atoms with Crippen LogP contribution in [-0.2, 0) is 9.53 Å². The van der Waals surface area contributed by atoms with Gasteiger partial charge < -0.3 is 9.53 Å². The molecule has 0 saturated carbocycles. The zero-order valence-corrected chi connectivity index (χ0v) is 6.65. The highest BCUT2D eigenvalue weighted by molar-refractivity contribution is 7.82. The summed E-state index contributed by atoms with van der Waals surface area (Å²) in [6, 6.07) is 0. The average Bonchev–Trinajstić information content (AvgIpc) is 1.84. The Morgan fingerprint density at radius 2 is 2.33 bits per heavy atom. The van der Waals surface area contributed by atoms with Gasteiger partial charge in [-0.3, -0.25) is 0 Å². The second kappa shape index (κ2) is 3.90. The first-order chi connectivity index (χ1) is 4.12. The van der Waals surface area contributed by atoms with Crippen LogP contribution in [0, 0.1) is 0 Å². The maximum atomic E-state index is 10.2. The molecule has 0 rings (SSSR count). The molecule has 0 aliphatic heterocycles. The number of hydrogen-bond acceptors (Lipinski definition) is 3. The molecule has 0 N–H and O–H groups in total. The molecular formula is C6H12O2S. The second-order valence-corrected chi connectivity index (χ2v) is 3.24. The van der Waals surface area contributed by atoms with Crippen molar-refractivity contribution in [1.29, 1.82) is 0 Å². The highest BCUT2D eigenvalue weighted by Gasteiger charge is 2.16. The molecule has 0 saturated heterocycles. The highest BCUT2D eigenvalue weighted by Crippen LogP contribution is 2.14. The molecule has 0 aromatic heterocycles. The van der Waals surface area contributed by atoms with Crippen LogP contribution in [0.15, 0.2) is 0 Å². The molecule has 9 heavy (non-hydrogen) atoms. The lowest BCUT2D eigenvalue weighted by Gasteiger charge is -2.13. The van der Waals surface area contributed by atoms with Gasteiger partial charge in [0, 0.05) is 13.7 Å². The van der Waals surface area contributed by atoms with Gasteiger partial charge in [-0.15, -0.1) is 0 Å². The monoisotopic (exact) mass is 148 g/mol. The second-order valence-electron chi connectivity index (χ2n) is 2.22. The van der Waals surface area contributed by atoms with E-state index in [0.29, 0.717) is 13.0 Å². The van der Waals surface area contributed by atoms with E-state index in [2.05, 4.69) is 12.6 Å². The van der Waals surface area contributed by atoms with Crippen LogP contribution in [0.1, 0.15) is 13.3 Å². The zero-order chi connectivity index (χ0) is 7.33. The van der Waals surface area contributed by atoms with Gasteiger partial charge in [-0.1, -0.05) is 0 Å². The summed E-state index contributed by atoms with van der Waals surface area (Å²) in [5, 5.41) is 0. The number of aldehydes is 1. The van der Waals surface area contributed by atoms with E-state index >= 15 is 0 Å². The smallest absolute Gasteiger partial charge is 0.135 e. The lowest BCUT2D eigenvalue weighted by atomic mass is 10.1. The molecule has 0 spiro atoms. The molecule has 1 unspecified atom stereocenters. The predicted octanol–water partition coefficient (Wildman–Crippen LogP) is 0.910. The van der Waals surface area contributed by atoms with Gasteiger partial charge in [-0.05, 0) is 13.3 Å². The van der Waals surface area contributed by atoms with Crippen LogP contribution in [0.3, 0.4) is 0 Å². The number of ether oxygens (including phenoxy) is 1. The lowest BCUT2D eigenvalue weighted by molar-refractivity contribution is -0.109. The molecule has 3 heteroatoms. The summed E-state index contributed by atoms with van der Waals surface area (Å²) in [6.07, 6.45) is 1.49. The van der Waals surface area contributed by atoms with E-state index in [1.807, 2.05) is 0 Å². The van der Waals surface area contributed by atoms with Gasteiger partial charge in [-0.2, -0.15) is 12.6 Å². The molecular weight excluding hydrogens is 136 g/mol. The van der Waals surface area contributed by atoms with Gasteiger partial charge >= 0.3 is 0 Å². The summed E-state index contributed by atoms with van der Waals surface area (Å²) >= 11 is 4.07. The van der Waals surface area contributed by atoms with E-state index in [4.69, 9.17) is 4.74 Å². The predicted molar refractivity (Wildman–Crippen MR) is 39.9 cm³/mol. The third-order valence-corrected chi connectivity index (χ3v) is 1.40. The minimum Gasteiger partial charge on any atom is -0.385 e. The summed E-state index contributed by atoms with van der Waals surface area (Å²) in [5.74, 6) is 0. The van der Waals surface area contributed by atoms with Gasteiger partial charge in [0.15, 0.2) is 0 Å². The van der Waals surface area contributed by atoms with Crippen molar-refractivity contribution in [2.45, 2.75) is 18.1 Å². The van der Waals surface area contributed by atoms with E-state index in [0.717, 1.165) is 6.29 Å². The van der Waals surface area contributed by atoms with E-state index < -0.39 is 4.75 Å². The van der Waals surface area contributed by atoms with E-state index in [1.54, 1.807) is 14.0 Å². The normalized spacial score (nSPS) is 16.8. The first kappa shape index (κ1) is 8.98. The van der Waals surface area contributed by atoms with Crippen molar-refractivity contribution in [2.75, 3.05) is 13.7 Å². The van der Waals surface area contributed by atoms with Crippen LogP contribution in [0.2, 0.25) is 0 Å². The fourth-order valence-corrected chi connectivity index (χ4v) is 0.459. The molecule has 0 heterocycles. The molecule has 0 aromatic carbocycles. The van der Waals surface area contributed by atoms with Crippen LogP contribution in [0.4, 0.5) is 0 Å². The van der Waals surface area contributed by atoms with Gasteiger partial charge in [0.2, 0.25) is 0 Å². The fraction of sp³-hybridized carbons (Fsp3) is 0.833. The fourth-order valence-electron chi connectivity index (χ4n) is 0.368. The molecule has 0 aromatic rings. The SMILES string of the molecule is COCCC(C)(S)C=O. The molecule has 0 radical (unpaired) electrons. The van der Waals surface area contributed by atoms with Crippen LogP contribution < -0.4 is 0 Å². The Labute approximate surface area is 61.0 Å². The van der Waals surface area contributed by atoms with Crippen LogP contribution in [-0.4, -0.2) is 24.7 Å². The lowest BCUT2D eigenvalue weighted by Crippen LogP contribution is -2.20. The number of rotatable bonds is 4. The molecule has 0 aliphatic carbocycles. The van der Waals surface area contributed by atoms with Gasteiger partial charge in [-0.25, -0.2) is 0 Å². The summed E-state index contributed by atoms with van der Waals surface area (Å²) in [6.45, 7) is 2.35. The van der Waals surface area contributed by atoms with E-state index in [-0.39, 0.29) is 0 Å².